The number of hydrogen-bond acceptors (Lipinski definition) is 5. The molecule has 7 nitrogen and oxygen atoms in total. The van der Waals surface area contributed by atoms with Crippen molar-refractivity contribution in [3.63, 3.8) is 0 Å². The second-order valence-electron chi connectivity index (χ2n) is 7.48. The molecule has 1 aliphatic rings. The number of amides is 1. The summed E-state index contributed by atoms with van der Waals surface area (Å²) in [6, 6.07) is 15.6. The van der Waals surface area contributed by atoms with E-state index in [1.165, 1.54) is 0 Å². The lowest BCUT2D eigenvalue weighted by atomic mass is 10.1. The van der Waals surface area contributed by atoms with E-state index in [1.807, 2.05) is 53.4 Å². The van der Waals surface area contributed by atoms with E-state index in [2.05, 4.69) is 15.2 Å². The first kappa shape index (κ1) is 18.4. The fourth-order valence-corrected chi connectivity index (χ4v) is 3.94. The number of likely N-dealkylation sites (tertiary alicyclic amines) is 1. The molecule has 0 spiro atoms. The van der Waals surface area contributed by atoms with Crippen molar-refractivity contribution < 1.29 is 14.3 Å². The first-order valence-electron chi connectivity index (χ1n) is 10.0. The number of carbonyl (C=O) groups excluding carboxylic acids is 1. The lowest BCUT2D eigenvalue weighted by Gasteiger charge is -2.31. The molecule has 1 fully saturated rings. The van der Waals surface area contributed by atoms with Crippen LogP contribution >= 0.6 is 0 Å². The van der Waals surface area contributed by atoms with Crippen LogP contribution in [-0.4, -0.2) is 52.3 Å². The molecule has 7 heteroatoms. The van der Waals surface area contributed by atoms with Gasteiger partial charge < -0.3 is 19.4 Å². The van der Waals surface area contributed by atoms with Gasteiger partial charge in [-0.1, -0.05) is 18.2 Å². The molecule has 30 heavy (non-hydrogen) atoms. The van der Waals surface area contributed by atoms with E-state index in [0.29, 0.717) is 24.7 Å². The molecule has 152 valence electrons. The number of methoxy groups -OCH3 is 1. The van der Waals surface area contributed by atoms with Crippen LogP contribution in [0.2, 0.25) is 0 Å². The van der Waals surface area contributed by atoms with Crippen molar-refractivity contribution in [1.29, 1.82) is 0 Å². The molecule has 0 radical (unpaired) electrons. The number of benzene rings is 2. The highest BCUT2D eigenvalue weighted by Gasteiger charge is 2.26. The minimum atomic E-state index is 0.00793. The molecule has 2 aromatic heterocycles. The third kappa shape index (κ3) is 3.43. The van der Waals surface area contributed by atoms with Gasteiger partial charge >= 0.3 is 0 Å². The minimum Gasteiger partial charge on any atom is -0.497 e. The highest BCUT2D eigenvalue weighted by Crippen LogP contribution is 2.26. The van der Waals surface area contributed by atoms with Crippen LogP contribution in [0.4, 0.5) is 0 Å². The summed E-state index contributed by atoms with van der Waals surface area (Å²) in [5.41, 5.74) is 1.49. The van der Waals surface area contributed by atoms with Crippen molar-refractivity contribution in [1.82, 2.24) is 20.1 Å². The Balaban J connectivity index is 1.26. The second-order valence-corrected chi connectivity index (χ2v) is 7.48. The number of piperidine rings is 1. The van der Waals surface area contributed by atoms with Crippen molar-refractivity contribution in [3.05, 3.63) is 60.4 Å². The zero-order valence-corrected chi connectivity index (χ0v) is 16.7. The predicted octanol–water partition coefficient (Wildman–Crippen LogP) is 3.80. The largest absolute Gasteiger partial charge is 0.497 e. The molecule has 0 saturated carbocycles. The summed E-state index contributed by atoms with van der Waals surface area (Å²) in [5.74, 6) is 1.33. The Kier molecular flexibility index (Phi) is 4.71. The summed E-state index contributed by atoms with van der Waals surface area (Å²) in [6.45, 7) is 1.28. The predicted molar refractivity (Wildman–Crippen MR) is 114 cm³/mol. The molecule has 4 aromatic rings. The average Bonchev–Trinajstić information content (AvgIpc) is 3.23. The van der Waals surface area contributed by atoms with Crippen LogP contribution in [0.25, 0.3) is 21.7 Å². The van der Waals surface area contributed by atoms with Gasteiger partial charge in [-0.3, -0.25) is 4.79 Å². The quantitative estimate of drug-likeness (QED) is 0.562. The molecule has 0 atom stereocenters. The number of nitrogens with one attached hydrogen (secondary N) is 1. The first-order chi connectivity index (χ1) is 14.7. The van der Waals surface area contributed by atoms with Crippen molar-refractivity contribution in [2.24, 2.45) is 0 Å². The number of H-pyrrole nitrogens is 1. The third-order valence-electron chi connectivity index (χ3n) is 5.60. The Bertz CT molecular complexity index is 1210. The van der Waals surface area contributed by atoms with Crippen LogP contribution in [-0.2, 0) is 0 Å². The molecule has 1 N–H and O–H groups in total. The summed E-state index contributed by atoms with van der Waals surface area (Å²) in [7, 11) is 1.63. The number of rotatable bonds is 4. The number of aromatic nitrogens is 3. The Morgan fingerprint density at radius 2 is 1.93 bits per heavy atom. The van der Waals surface area contributed by atoms with Gasteiger partial charge in [-0.05, 0) is 24.3 Å². The fourth-order valence-electron chi connectivity index (χ4n) is 3.94. The summed E-state index contributed by atoms with van der Waals surface area (Å²) < 4.78 is 11.4. The van der Waals surface area contributed by atoms with Crippen LogP contribution in [0.5, 0.6) is 11.6 Å². The maximum absolute atomic E-state index is 13.0. The Morgan fingerprint density at radius 1 is 1.10 bits per heavy atom. The Labute approximate surface area is 173 Å². The number of aromatic amines is 1. The van der Waals surface area contributed by atoms with Crippen molar-refractivity contribution >= 4 is 27.6 Å². The lowest BCUT2D eigenvalue weighted by molar-refractivity contribution is 0.0584. The van der Waals surface area contributed by atoms with E-state index >= 15 is 0 Å². The van der Waals surface area contributed by atoms with Crippen LogP contribution < -0.4 is 9.47 Å². The molecular formula is C23H22N4O3. The van der Waals surface area contributed by atoms with Gasteiger partial charge in [0.2, 0.25) is 5.88 Å². The van der Waals surface area contributed by atoms with Gasteiger partial charge in [0.25, 0.3) is 5.91 Å². The lowest BCUT2D eigenvalue weighted by Crippen LogP contribution is -2.42. The Morgan fingerprint density at radius 3 is 2.77 bits per heavy atom. The van der Waals surface area contributed by atoms with Crippen molar-refractivity contribution in [3.8, 4) is 11.6 Å². The average molecular weight is 402 g/mol. The van der Waals surface area contributed by atoms with Crippen molar-refractivity contribution in [2.45, 2.75) is 18.9 Å². The van der Waals surface area contributed by atoms with E-state index in [4.69, 9.17) is 9.47 Å². The molecule has 3 heterocycles. The molecule has 5 rings (SSSR count). The van der Waals surface area contributed by atoms with E-state index < -0.39 is 0 Å². The number of carbonyl (C=O) groups is 1. The van der Waals surface area contributed by atoms with Crippen LogP contribution in [0.3, 0.4) is 0 Å². The van der Waals surface area contributed by atoms with Crippen LogP contribution in [0, 0.1) is 0 Å². The monoisotopic (exact) mass is 402 g/mol. The number of fused-ring (bicyclic) bond motifs is 2. The molecule has 1 amide bonds. The molecule has 0 unspecified atom stereocenters. The normalized spacial score (nSPS) is 14.9. The van der Waals surface area contributed by atoms with Gasteiger partial charge in [-0.25, -0.2) is 0 Å². The number of ether oxygens (including phenoxy) is 2. The van der Waals surface area contributed by atoms with Gasteiger partial charge in [0.05, 0.1) is 13.3 Å². The molecule has 2 aromatic carbocycles. The van der Waals surface area contributed by atoms with E-state index in [0.717, 1.165) is 40.3 Å². The molecule has 1 saturated heterocycles. The second kappa shape index (κ2) is 7.67. The van der Waals surface area contributed by atoms with Gasteiger partial charge in [-0.2, -0.15) is 5.10 Å². The zero-order valence-electron chi connectivity index (χ0n) is 16.7. The van der Waals surface area contributed by atoms with Crippen molar-refractivity contribution in [2.75, 3.05) is 20.2 Å². The van der Waals surface area contributed by atoms with Gasteiger partial charge in [0.15, 0.2) is 0 Å². The van der Waals surface area contributed by atoms with E-state index in [1.54, 1.807) is 13.3 Å². The highest BCUT2D eigenvalue weighted by atomic mass is 16.5. The SMILES string of the molecule is COc1ccc2cc(C(=O)N3CCC(Oc4nncc5ccccc45)CC3)[nH]c2c1. The highest BCUT2D eigenvalue weighted by molar-refractivity contribution is 5.98. The van der Waals surface area contributed by atoms with E-state index in [9.17, 15) is 4.79 Å². The van der Waals surface area contributed by atoms with Crippen LogP contribution in [0.15, 0.2) is 54.7 Å². The summed E-state index contributed by atoms with van der Waals surface area (Å²) in [4.78, 5) is 18.1. The third-order valence-corrected chi connectivity index (χ3v) is 5.60. The number of hydrogen-bond donors (Lipinski definition) is 1. The minimum absolute atomic E-state index is 0.00793. The molecule has 0 aliphatic carbocycles. The summed E-state index contributed by atoms with van der Waals surface area (Å²) in [6.07, 6.45) is 3.26. The smallest absolute Gasteiger partial charge is 0.270 e. The van der Waals surface area contributed by atoms with Gasteiger partial charge in [0.1, 0.15) is 17.5 Å². The standard InChI is InChI=1S/C23H22N4O3/c1-29-18-7-6-15-12-21(25-20(15)13-18)23(28)27-10-8-17(9-11-27)30-22-19-5-3-2-4-16(19)14-24-26-22/h2-7,12-14,17,25H,8-11H2,1H3. The fraction of sp³-hybridized carbons (Fsp3) is 0.261. The summed E-state index contributed by atoms with van der Waals surface area (Å²) in [5, 5.41) is 11.2. The topological polar surface area (TPSA) is 80.3 Å². The number of nitrogens with zero attached hydrogens (tertiary/aromatic N) is 3. The maximum atomic E-state index is 13.0. The zero-order chi connectivity index (χ0) is 20.5. The van der Waals surface area contributed by atoms with E-state index in [-0.39, 0.29) is 12.0 Å². The molecular weight excluding hydrogens is 380 g/mol. The molecule has 1 aliphatic heterocycles. The Hall–Kier alpha value is -3.61. The van der Waals surface area contributed by atoms with Crippen LogP contribution in [0.1, 0.15) is 23.3 Å². The molecule has 0 bridgehead atoms. The van der Waals surface area contributed by atoms with Gasteiger partial charge in [0, 0.05) is 53.7 Å². The summed E-state index contributed by atoms with van der Waals surface area (Å²) >= 11 is 0. The first-order valence-corrected chi connectivity index (χ1v) is 10.0. The maximum Gasteiger partial charge on any atom is 0.270 e. The van der Waals surface area contributed by atoms with Gasteiger partial charge in [-0.15, -0.1) is 5.10 Å².